The maximum Gasteiger partial charge on any atom is 0.270 e. The highest BCUT2D eigenvalue weighted by Gasteiger charge is 2.09. The number of aromatic nitrogens is 2. The normalized spacial score (nSPS) is 10.2. The van der Waals surface area contributed by atoms with Gasteiger partial charge in [-0.2, -0.15) is 0 Å². The molecule has 7 nitrogen and oxygen atoms in total. The van der Waals surface area contributed by atoms with Crippen LogP contribution in [-0.4, -0.2) is 36.6 Å². The van der Waals surface area contributed by atoms with Gasteiger partial charge in [0.2, 0.25) is 5.95 Å². The van der Waals surface area contributed by atoms with E-state index in [9.17, 15) is 4.79 Å². The Labute approximate surface area is 163 Å². The van der Waals surface area contributed by atoms with E-state index >= 15 is 0 Å². The van der Waals surface area contributed by atoms with Gasteiger partial charge in [-0.15, -0.1) is 0 Å². The van der Waals surface area contributed by atoms with Crippen LogP contribution in [-0.2, 0) is 6.42 Å². The number of carbonyl (C=O) groups is 1. The summed E-state index contributed by atoms with van der Waals surface area (Å²) in [5.41, 5.74) is 2.19. The lowest BCUT2D eigenvalue weighted by Crippen LogP contribution is -2.26. The zero-order valence-corrected chi connectivity index (χ0v) is 15.8. The van der Waals surface area contributed by atoms with Crippen LogP contribution >= 0.6 is 0 Å². The van der Waals surface area contributed by atoms with E-state index in [0.29, 0.717) is 24.6 Å². The Bertz CT molecular complexity index is 929. The Morgan fingerprint density at radius 1 is 1.00 bits per heavy atom. The van der Waals surface area contributed by atoms with Gasteiger partial charge in [-0.05, 0) is 54.4 Å². The van der Waals surface area contributed by atoms with Crippen molar-refractivity contribution >= 4 is 17.5 Å². The van der Waals surface area contributed by atoms with E-state index in [1.807, 2.05) is 48.5 Å². The van der Waals surface area contributed by atoms with Crippen LogP contribution in [0.1, 0.15) is 16.1 Å². The second-order valence-corrected chi connectivity index (χ2v) is 5.98. The molecule has 0 atom stereocenters. The first-order valence-electron chi connectivity index (χ1n) is 8.83. The average Bonchev–Trinajstić information content (AvgIpc) is 2.74. The molecule has 0 saturated carbocycles. The summed E-state index contributed by atoms with van der Waals surface area (Å²) in [5.74, 6) is 1.66. The third-order valence-electron chi connectivity index (χ3n) is 4.07. The van der Waals surface area contributed by atoms with Gasteiger partial charge in [-0.1, -0.05) is 12.1 Å². The van der Waals surface area contributed by atoms with Gasteiger partial charge in [0.1, 0.15) is 17.2 Å². The number of nitrogens with zero attached hydrogens (tertiary/aromatic N) is 2. The molecular weight excluding hydrogens is 356 g/mol. The Hall–Kier alpha value is -3.61. The SMILES string of the molecule is COc1ccc(Nc2nccc(C(=O)NCCc3cccc(OC)c3)n2)cc1. The standard InChI is InChI=1S/C21H22N4O3/c1-27-17-8-6-16(7-9-17)24-21-23-13-11-19(25-21)20(26)22-12-10-15-4-3-5-18(14-15)28-2/h3-9,11,13-14H,10,12H2,1-2H3,(H,22,26)(H,23,24,25). The summed E-state index contributed by atoms with van der Waals surface area (Å²) in [6, 6.07) is 16.7. The molecule has 1 amide bonds. The lowest BCUT2D eigenvalue weighted by Gasteiger charge is -2.08. The molecule has 0 bridgehead atoms. The number of rotatable bonds is 8. The Morgan fingerprint density at radius 2 is 1.79 bits per heavy atom. The first-order valence-corrected chi connectivity index (χ1v) is 8.83. The number of hydrogen-bond acceptors (Lipinski definition) is 6. The number of methoxy groups -OCH3 is 2. The van der Waals surface area contributed by atoms with Crippen molar-refractivity contribution in [3.05, 3.63) is 72.1 Å². The molecule has 0 saturated heterocycles. The summed E-state index contributed by atoms with van der Waals surface area (Å²) < 4.78 is 10.3. The minimum absolute atomic E-state index is 0.247. The molecule has 0 spiro atoms. The van der Waals surface area contributed by atoms with Crippen molar-refractivity contribution in [1.29, 1.82) is 0 Å². The molecule has 1 aromatic heterocycles. The third-order valence-corrected chi connectivity index (χ3v) is 4.07. The molecule has 0 unspecified atom stereocenters. The smallest absolute Gasteiger partial charge is 0.270 e. The van der Waals surface area contributed by atoms with Crippen LogP contribution in [0.3, 0.4) is 0 Å². The minimum atomic E-state index is -0.247. The topological polar surface area (TPSA) is 85.4 Å². The van der Waals surface area contributed by atoms with E-state index < -0.39 is 0 Å². The van der Waals surface area contributed by atoms with Gasteiger partial charge in [0.05, 0.1) is 14.2 Å². The Balaban J connectivity index is 1.56. The van der Waals surface area contributed by atoms with Crippen molar-refractivity contribution in [2.45, 2.75) is 6.42 Å². The van der Waals surface area contributed by atoms with Crippen LogP contribution in [0, 0.1) is 0 Å². The number of benzene rings is 2. The zero-order chi connectivity index (χ0) is 19.8. The molecule has 3 aromatic rings. The molecule has 0 radical (unpaired) electrons. The molecule has 3 rings (SSSR count). The first-order chi connectivity index (χ1) is 13.7. The van der Waals surface area contributed by atoms with Crippen LogP contribution < -0.4 is 20.1 Å². The maximum absolute atomic E-state index is 12.4. The van der Waals surface area contributed by atoms with Crippen LogP contribution in [0.25, 0.3) is 0 Å². The third kappa shape index (κ3) is 5.20. The fourth-order valence-corrected chi connectivity index (χ4v) is 2.59. The maximum atomic E-state index is 12.4. The summed E-state index contributed by atoms with van der Waals surface area (Å²) in [4.78, 5) is 20.8. The molecule has 1 heterocycles. The summed E-state index contributed by atoms with van der Waals surface area (Å²) >= 11 is 0. The van der Waals surface area contributed by atoms with Crippen LogP contribution in [0.4, 0.5) is 11.6 Å². The molecule has 0 fully saturated rings. The summed E-state index contributed by atoms with van der Waals surface area (Å²) in [5, 5.41) is 5.95. The molecule has 7 heteroatoms. The molecular formula is C21H22N4O3. The summed E-state index contributed by atoms with van der Waals surface area (Å²) in [7, 11) is 3.25. The van der Waals surface area contributed by atoms with Crippen molar-refractivity contribution in [1.82, 2.24) is 15.3 Å². The number of carbonyl (C=O) groups excluding carboxylic acids is 1. The second-order valence-electron chi connectivity index (χ2n) is 5.98. The highest BCUT2D eigenvalue weighted by atomic mass is 16.5. The highest BCUT2D eigenvalue weighted by Crippen LogP contribution is 2.17. The van der Waals surface area contributed by atoms with Crippen molar-refractivity contribution in [3.8, 4) is 11.5 Å². The van der Waals surface area contributed by atoms with E-state index in [4.69, 9.17) is 9.47 Å². The minimum Gasteiger partial charge on any atom is -0.497 e. The number of hydrogen-bond donors (Lipinski definition) is 2. The van der Waals surface area contributed by atoms with Crippen LogP contribution in [0.5, 0.6) is 11.5 Å². The van der Waals surface area contributed by atoms with Gasteiger partial charge in [0, 0.05) is 18.4 Å². The van der Waals surface area contributed by atoms with E-state index in [-0.39, 0.29) is 5.91 Å². The number of ether oxygens (including phenoxy) is 2. The lowest BCUT2D eigenvalue weighted by molar-refractivity contribution is 0.0949. The van der Waals surface area contributed by atoms with Gasteiger partial charge in [0.15, 0.2) is 0 Å². The fourth-order valence-electron chi connectivity index (χ4n) is 2.59. The first kappa shape index (κ1) is 19.2. The van der Waals surface area contributed by atoms with Crippen LogP contribution in [0.2, 0.25) is 0 Å². The number of anilines is 2. The largest absolute Gasteiger partial charge is 0.497 e. The van der Waals surface area contributed by atoms with E-state index in [1.165, 1.54) is 0 Å². The fraction of sp³-hybridized carbons (Fsp3) is 0.190. The average molecular weight is 378 g/mol. The van der Waals surface area contributed by atoms with Crippen molar-refractivity contribution in [2.24, 2.45) is 0 Å². The predicted molar refractivity (Wildman–Crippen MR) is 107 cm³/mol. The molecule has 144 valence electrons. The zero-order valence-electron chi connectivity index (χ0n) is 15.8. The van der Waals surface area contributed by atoms with E-state index in [1.54, 1.807) is 26.5 Å². The number of nitrogens with one attached hydrogen (secondary N) is 2. The quantitative estimate of drug-likeness (QED) is 0.626. The Morgan fingerprint density at radius 3 is 2.54 bits per heavy atom. The van der Waals surface area contributed by atoms with Gasteiger partial charge in [-0.3, -0.25) is 4.79 Å². The summed E-state index contributed by atoms with van der Waals surface area (Å²) in [6.45, 7) is 0.497. The van der Waals surface area contributed by atoms with Crippen LogP contribution in [0.15, 0.2) is 60.8 Å². The Kier molecular flexibility index (Phi) is 6.41. The van der Waals surface area contributed by atoms with Gasteiger partial charge < -0.3 is 20.1 Å². The van der Waals surface area contributed by atoms with Gasteiger partial charge in [-0.25, -0.2) is 9.97 Å². The highest BCUT2D eigenvalue weighted by molar-refractivity contribution is 5.92. The predicted octanol–water partition coefficient (Wildman–Crippen LogP) is 3.21. The second kappa shape index (κ2) is 9.36. The van der Waals surface area contributed by atoms with E-state index in [0.717, 1.165) is 22.7 Å². The molecule has 2 N–H and O–H groups in total. The van der Waals surface area contributed by atoms with Gasteiger partial charge >= 0.3 is 0 Å². The molecule has 28 heavy (non-hydrogen) atoms. The summed E-state index contributed by atoms with van der Waals surface area (Å²) in [6.07, 6.45) is 2.25. The molecule has 0 aliphatic heterocycles. The van der Waals surface area contributed by atoms with Crippen molar-refractivity contribution in [2.75, 3.05) is 26.1 Å². The number of amides is 1. The molecule has 0 aliphatic carbocycles. The molecule has 2 aromatic carbocycles. The van der Waals surface area contributed by atoms with E-state index in [2.05, 4.69) is 20.6 Å². The van der Waals surface area contributed by atoms with Gasteiger partial charge in [0.25, 0.3) is 5.91 Å². The lowest BCUT2D eigenvalue weighted by atomic mass is 10.1. The molecule has 0 aliphatic rings. The monoisotopic (exact) mass is 378 g/mol. The van der Waals surface area contributed by atoms with Crippen molar-refractivity contribution < 1.29 is 14.3 Å². The van der Waals surface area contributed by atoms with Crippen molar-refractivity contribution in [3.63, 3.8) is 0 Å².